The van der Waals surface area contributed by atoms with Gasteiger partial charge >= 0.3 is 11.8 Å². The highest BCUT2D eigenvalue weighted by molar-refractivity contribution is 7.16. The van der Waals surface area contributed by atoms with Crippen molar-refractivity contribution < 1.29 is 23.6 Å². The second kappa shape index (κ2) is 5.74. The fourth-order valence-electron chi connectivity index (χ4n) is 2.53. The largest absolute Gasteiger partial charge is 0.454 e. The van der Waals surface area contributed by atoms with Crippen LogP contribution in [0.3, 0.4) is 0 Å². The van der Waals surface area contributed by atoms with Crippen molar-refractivity contribution >= 4 is 33.3 Å². The summed E-state index contributed by atoms with van der Waals surface area (Å²) in [6.45, 7) is 2.70. The minimum absolute atomic E-state index is 0.180. The number of hydrogen-bond acceptors (Lipinski definition) is 7. The Morgan fingerprint density at radius 3 is 2.80 bits per heavy atom. The van der Waals surface area contributed by atoms with Gasteiger partial charge in [0.15, 0.2) is 16.3 Å². The van der Waals surface area contributed by atoms with Crippen LogP contribution in [0.25, 0.3) is 10.2 Å². The molecule has 1 amide bonds. The molecule has 0 unspecified atom stereocenters. The molecule has 2 aromatic heterocycles. The standard InChI is InChI=1S/C15H11N3O6S/c1-2-17-8-5-10-11(23-7-22-10)6-12(8)25-15(17)16-14(19)9-3-4-13(24-9)18(20)21/h3-6H,2,7H2,1H3. The quantitative estimate of drug-likeness (QED) is 0.524. The van der Waals surface area contributed by atoms with Crippen LogP contribution in [0.2, 0.25) is 0 Å². The third-order valence-corrected chi connectivity index (χ3v) is 4.71. The second-order valence-electron chi connectivity index (χ2n) is 5.11. The van der Waals surface area contributed by atoms with Gasteiger partial charge in [-0.25, -0.2) is 0 Å². The average molecular weight is 361 g/mol. The normalized spacial score (nSPS) is 13.6. The third-order valence-electron chi connectivity index (χ3n) is 3.67. The first-order chi connectivity index (χ1) is 12.1. The van der Waals surface area contributed by atoms with Gasteiger partial charge in [-0.1, -0.05) is 11.3 Å². The molecule has 0 fully saturated rings. The smallest absolute Gasteiger partial charge is 0.433 e. The zero-order valence-electron chi connectivity index (χ0n) is 12.9. The number of furan rings is 1. The molecule has 9 nitrogen and oxygen atoms in total. The van der Waals surface area contributed by atoms with E-state index < -0.39 is 16.7 Å². The zero-order valence-corrected chi connectivity index (χ0v) is 13.7. The summed E-state index contributed by atoms with van der Waals surface area (Å²) in [5, 5.41) is 10.7. The third kappa shape index (κ3) is 2.56. The van der Waals surface area contributed by atoms with Gasteiger partial charge in [0.05, 0.1) is 16.3 Å². The number of ether oxygens (including phenoxy) is 2. The van der Waals surface area contributed by atoms with Crippen LogP contribution in [0.15, 0.2) is 33.7 Å². The Hall–Kier alpha value is -3.14. The van der Waals surface area contributed by atoms with Gasteiger partial charge in [-0.3, -0.25) is 14.9 Å². The van der Waals surface area contributed by atoms with E-state index in [1.807, 2.05) is 23.6 Å². The van der Waals surface area contributed by atoms with E-state index in [1.165, 1.54) is 17.4 Å². The number of nitro groups is 1. The van der Waals surface area contributed by atoms with Crippen LogP contribution in [0, 0.1) is 10.1 Å². The number of fused-ring (bicyclic) bond motifs is 2. The molecule has 0 atom stereocenters. The number of aryl methyl sites for hydroxylation is 1. The molecule has 10 heteroatoms. The maximum Gasteiger partial charge on any atom is 0.433 e. The van der Waals surface area contributed by atoms with Crippen molar-refractivity contribution in [2.45, 2.75) is 13.5 Å². The van der Waals surface area contributed by atoms with E-state index in [-0.39, 0.29) is 12.6 Å². The van der Waals surface area contributed by atoms with Gasteiger partial charge in [-0.2, -0.15) is 4.99 Å². The van der Waals surface area contributed by atoms with E-state index in [0.717, 1.165) is 16.3 Å². The van der Waals surface area contributed by atoms with Gasteiger partial charge in [-0.05, 0) is 13.0 Å². The van der Waals surface area contributed by atoms with Crippen molar-refractivity contribution in [2.75, 3.05) is 6.79 Å². The predicted octanol–water partition coefficient (Wildman–Crippen LogP) is 2.69. The summed E-state index contributed by atoms with van der Waals surface area (Å²) >= 11 is 1.31. The molecule has 0 N–H and O–H groups in total. The number of carbonyl (C=O) groups excluding carboxylic acids is 1. The molecule has 25 heavy (non-hydrogen) atoms. The Balaban J connectivity index is 1.80. The number of hydrogen-bond donors (Lipinski definition) is 0. The first-order valence-electron chi connectivity index (χ1n) is 7.33. The molecule has 0 spiro atoms. The Labute approximate surface area is 143 Å². The Morgan fingerprint density at radius 2 is 2.12 bits per heavy atom. The van der Waals surface area contributed by atoms with E-state index in [1.54, 1.807) is 0 Å². The van der Waals surface area contributed by atoms with Crippen LogP contribution in [0.1, 0.15) is 17.5 Å². The number of aromatic nitrogens is 1. The van der Waals surface area contributed by atoms with Crippen LogP contribution in [-0.2, 0) is 6.54 Å². The van der Waals surface area contributed by atoms with Gasteiger partial charge < -0.3 is 18.5 Å². The average Bonchev–Trinajstić information content (AvgIpc) is 3.30. The first-order valence-corrected chi connectivity index (χ1v) is 8.14. The summed E-state index contributed by atoms with van der Waals surface area (Å²) in [6, 6.07) is 6.05. The van der Waals surface area contributed by atoms with Crippen LogP contribution in [0.4, 0.5) is 5.88 Å². The minimum atomic E-state index is -0.704. The van der Waals surface area contributed by atoms with Crippen molar-refractivity contribution in [1.29, 1.82) is 0 Å². The second-order valence-corrected chi connectivity index (χ2v) is 6.12. The number of thiazole rings is 1. The van der Waals surface area contributed by atoms with Crippen LogP contribution < -0.4 is 14.3 Å². The molecule has 1 aliphatic heterocycles. The minimum Gasteiger partial charge on any atom is -0.454 e. The molecule has 3 heterocycles. The highest BCUT2D eigenvalue weighted by atomic mass is 32.1. The molecule has 1 aromatic carbocycles. The SMILES string of the molecule is CCn1c(=NC(=O)c2ccc([N+](=O)[O-])o2)sc2cc3c(cc21)OCO3. The highest BCUT2D eigenvalue weighted by Gasteiger charge is 2.19. The number of nitrogens with zero attached hydrogens (tertiary/aromatic N) is 3. The number of carbonyl (C=O) groups is 1. The lowest BCUT2D eigenvalue weighted by Gasteiger charge is -2.01. The molecule has 0 radical (unpaired) electrons. The maximum absolute atomic E-state index is 12.3. The highest BCUT2D eigenvalue weighted by Crippen LogP contribution is 2.36. The lowest BCUT2D eigenvalue weighted by atomic mass is 10.3. The molecular formula is C15H11N3O6S. The van der Waals surface area contributed by atoms with Crippen molar-refractivity contribution in [1.82, 2.24) is 4.57 Å². The van der Waals surface area contributed by atoms with E-state index in [0.29, 0.717) is 22.8 Å². The van der Waals surface area contributed by atoms with Crippen LogP contribution in [0.5, 0.6) is 11.5 Å². The van der Waals surface area contributed by atoms with Gasteiger partial charge in [0.1, 0.15) is 4.92 Å². The van der Waals surface area contributed by atoms with Crippen molar-refractivity contribution in [3.8, 4) is 11.5 Å². The number of benzene rings is 1. The summed E-state index contributed by atoms with van der Waals surface area (Å²) in [5.41, 5.74) is 0.869. The van der Waals surface area contributed by atoms with Crippen LogP contribution >= 0.6 is 11.3 Å². The maximum atomic E-state index is 12.3. The van der Waals surface area contributed by atoms with Gasteiger partial charge in [-0.15, -0.1) is 0 Å². The van der Waals surface area contributed by atoms with Gasteiger partial charge in [0.25, 0.3) is 0 Å². The van der Waals surface area contributed by atoms with Gasteiger partial charge in [0.2, 0.25) is 12.6 Å². The Morgan fingerprint density at radius 1 is 1.36 bits per heavy atom. The molecule has 4 rings (SSSR count). The molecule has 3 aromatic rings. The van der Waals surface area contributed by atoms with E-state index in [9.17, 15) is 14.9 Å². The number of amides is 1. The Bertz CT molecular complexity index is 1080. The monoisotopic (exact) mass is 361 g/mol. The fraction of sp³-hybridized carbons (Fsp3) is 0.200. The lowest BCUT2D eigenvalue weighted by Crippen LogP contribution is -2.15. The van der Waals surface area contributed by atoms with Gasteiger partial charge in [0, 0.05) is 18.7 Å². The summed E-state index contributed by atoms with van der Waals surface area (Å²) in [6.07, 6.45) is 0. The zero-order chi connectivity index (χ0) is 17.6. The predicted molar refractivity (Wildman–Crippen MR) is 86.9 cm³/mol. The molecule has 1 aliphatic rings. The summed E-state index contributed by atoms with van der Waals surface area (Å²) in [7, 11) is 0. The van der Waals surface area contributed by atoms with E-state index in [4.69, 9.17) is 13.9 Å². The summed E-state index contributed by atoms with van der Waals surface area (Å²) in [4.78, 5) is 26.7. The summed E-state index contributed by atoms with van der Waals surface area (Å²) in [5.74, 6) is -0.0598. The van der Waals surface area contributed by atoms with Crippen LogP contribution in [-0.4, -0.2) is 22.2 Å². The molecule has 0 saturated heterocycles. The molecule has 128 valence electrons. The number of rotatable bonds is 3. The lowest BCUT2D eigenvalue weighted by molar-refractivity contribution is -0.402. The van der Waals surface area contributed by atoms with E-state index in [2.05, 4.69) is 4.99 Å². The van der Waals surface area contributed by atoms with Crippen molar-refractivity contribution in [2.24, 2.45) is 4.99 Å². The summed E-state index contributed by atoms with van der Waals surface area (Å²) < 4.78 is 18.4. The molecular weight excluding hydrogens is 350 g/mol. The molecule has 0 aliphatic carbocycles. The molecule has 0 bridgehead atoms. The molecule has 0 saturated carbocycles. The Kier molecular flexibility index (Phi) is 3.53. The first kappa shape index (κ1) is 15.4. The topological polar surface area (TPSA) is 109 Å². The van der Waals surface area contributed by atoms with E-state index >= 15 is 0 Å². The fourth-order valence-corrected chi connectivity index (χ4v) is 3.64. The van der Waals surface area contributed by atoms with Crippen molar-refractivity contribution in [3.05, 3.63) is 44.9 Å². The van der Waals surface area contributed by atoms with Crippen molar-refractivity contribution in [3.63, 3.8) is 0 Å².